The van der Waals surface area contributed by atoms with Crippen LogP contribution in [-0.2, 0) is 11.3 Å². The van der Waals surface area contributed by atoms with Gasteiger partial charge in [-0.2, -0.15) is 0 Å². The number of hydrogen-bond donors (Lipinski definition) is 1. The molecule has 0 spiro atoms. The van der Waals surface area contributed by atoms with Crippen LogP contribution >= 0.6 is 0 Å². The molecule has 9 heteroatoms. The number of benzene rings is 1. The molecule has 3 aromatic rings. The predicted molar refractivity (Wildman–Crippen MR) is 113 cm³/mol. The van der Waals surface area contributed by atoms with Crippen molar-refractivity contribution in [1.29, 1.82) is 0 Å². The molecule has 1 fully saturated rings. The van der Waals surface area contributed by atoms with Crippen LogP contribution in [0.15, 0.2) is 29.1 Å². The number of ether oxygens (including phenoxy) is 2. The fraction of sp³-hybridized carbons (Fsp3) is 0.524. The quantitative estimate of drug-likeness (QED) is 0.635. The maximum Gasteiger partial charge on any atom is 0.253 e. The minimum atomic E-state index is -0.315. The van der Waals surface area contributed by atoms with Crippen molar-refractivity contribution >= 4 is 10.9 Å². The molecule has 0 unspecified atom stereocenters. The molecule has 2 aromatic heterocycles. The normalized spacial score (nSPS) is 16.5. The number of methoxy groups -OCH3 is 2. The Morgan fingerprint density at radius 3 is 2.67 bits per heavy atom. The summed E-state index contributed by atoms with van der Waals surface area (Å²) in [6, 6.07) is 7.34. The van der Waals surface area contributed by atoms with Crippen LogP contribution < -0.4 is 10.3 Å². The fourth-order valence-corrected chi connectivity index (χ4v) is 4.12. The molecule has 0 aliphatic carbocycles. The molecule has 1 saturated heterocycles. The summed E-state index contributed by atoms with van der Waals surface area (Å²) in [5.74, 6) is 1.38. The van der Waals surface area contributed by atoms with Crippen LogP contribution in [0, 0.1) is 0 Å². The summed E-state index contributed by atoms with van der Waals surface area (Å²) < 4.78 is 12.3. The lowest BCUT2D eigenvalue weighted by Crippen LogP contribution is -2.36. The highest BCUT2D eigenvalue weighted by atomic mass is 16.5. The summed E-state index contributed by atoms with van der Waals surface area (Å²) in [7, 11) is 3.27. The predicted octanol–water partition coefficient (Wildman–Crippen LogP) is 2.13. The van der Waals surface area contributed by atoms with E-state index >= 15 is 0 Å². The average Bonchev–Trinajstić information content (AvgIpc) is 3.05. The van der Waals surface area contributed by atoms with Crippen LogP contribution in [0.5, 0.6) is 5.75 Å². The molecule has 1 aromatic carbocycles. The third-order valence-corrected chi connectivity index (χ3v) is 5.69. The van der Waals surface area contributed by atoms with E-state index in [9.17, 15) is 4.79 Å². The van der Waals surface area contributed by atoms with Gasteiger partial charge in [-0.25, -0.2) is 4.68 Å². The van der Waals surface area contributed by atoms with Crippen molar-refractivity contribution < 1.29 is 9.47 Å². The first-order valence-electron chi connectivity index (χ1n) is 10.4. The van der Waals surface area contributed by atoms with E-state index in [1.807, 2.05) is 24.3 Å². The number of pyridine rings is 1. The van der Waals surface area contributed by atoms with Crippen LogP contribution in [-0.4, -0.2) is 64.0 Å². The van der Waals surface area contributed by atoms with Crippen molar-refractivity contribution in [2.24, 2.45) is 0 Å². The Labute approximate surface area is 175 Å². The smallest absolute Gasteiger partial charge is 0.253 e. The van der Waals surface area contributed by atoms with Gasteiger partial charge in [-0.3, -0.25) is 9.69 Å². The van der Waals surface area contributed by atoms with Gasteiger partial charge in [0.15, 0.2) is 5.82 Å². The second-order valence-electron chi connectivity index (χ2n) is 7.61. The van der Waals surface area contributed by atoms with E-state index in [0.717, 1.165) is 36.8 Å². The van der Waals surface area contributed by atoms with E-state index in [1.165, 1.54) is 12.8 Å². The number of aromatic nitrogens is 5. The zero-order chi connectivity index (χ0) is 20.9. The Hall–Kier alpha value is -2.78. The summed E-state index contributed by atoms with van der Waals surface area (Å²) in [5.41, 5.74) is 1.27. The Bertz CT molecular complexity index is 1040. The third-order valence-electron chi connectivity index (χ3n) is 5.69. The highest BCUT2D eigenvalue weighted by Crippen LogP contribution is 2.29. The van der Waals surface area contributed by atoms with Gasteiger partial charge in [0.2, 0.25) is 0 Å². The second-order valence-corrected chi connectivity index (χ2v) is 7.61. The van der Waals surface area contributed by atoms with Gasteiger partial charge in [-0.05, 0) is 59.9 Å². The molecule has 1 atom stereocenters. The number of H-pyrrole nitrogens is 1. The lowest BCUT2D eigenvalue weighted by Gasteiger charge is -2.29. The number of nitrogens with zero attached hydrogens (tertiary/aromatic N) is 5. The molecule has 3 heterocycles. The lowest BCUT2D eigenvalue weighted by molar-refractivity contribution is 0.175. The molecule has 0 amide bonds. The van der Waals surface area contributed by atoms with Crippen molar-refractivity contribution in [3.63, 3.8) is 0 Å². The molecule has 4 rings (SSSR count). The van der Waals surface area contributed by atoms with E-state index in [-0.39, 0.29) is 11.6 Å². The maximum absolute atomic E-state index is 13.2. The summed E-state index contributed by atoms with van der Waals surface area (Å²) in [5, 5.41) is 13.3. The first kappa shape index (κ1) is 20.5. The largest absolute Gasteiger partial charge is 0.497 e. The van der Waals surface area contributed by atoms with Crippen molar-refractivity contribution in [2.45, 2.75) is 38.3 Å². The summed E-state index contributed by atoms with van der Waals surface area (Å²) >= 11 is 0. The Morgan fingerprint density at radius 1 is 1.13 bits per heavy atom. The monoisotopic (exact) mass is 412 g/mol. The summed E-state index contributed by atoms with van der Waals surface area (Å²) in [6.07, 6.45) is 4.59. The number of aromatic amines is 1. The van der Waals surface area contributed by atoms with Crippen LogP contribution in [0.4, 0.5) is 0 Å². The molecule has 1 aliphatic rings. The van der Waals surface area contributed by atoms with Gasteiger partial charge in [-0.15, -0.1) is 5.10 Å². The Balaban J connectivity index is 1.82. The topological polar surface area (TPSA) is 98.2 Å². The van der Waals surface area contributed by atoms with Gasteiger partial charge in [0.1, 0.15) is 11.8 Å². The van der Waals surface area contributed by atoms with Crippen molar-refractivity contribution in [3.05, 3.63) is 46.0 Å². The molecule has 0 bridgehead atoms. The number of nitrogens with one attached hydrogen (secondary N) is 1. The van der Waals surface area contributed by atoms with Gasteiger partial charge in [-0.1, -0.05) is 12.8 Å². The van der Waals surface area contributed by atoms with Crippen LogP contribution in [0.2, 0.25) is 0 Å². The summed E-state index contributed by atoms with van der Waals surface area (Å²) in [6.45, 7) is 2.84. The second kappa shape index (κ2) is 9.36. The number of likely N-dealkylation sites (tertiary alicyclic amines) is 1. The van der Waals surface area contributed by atoms with Crippen LogP contribution in [0.3, 0.4) is 0 Å². The molecule has 1 N–H and O–H groups in total. The molecular formula is C21H28N6O3. The highest BCUT2D eigenvalue weighted by Gasteiger charge is 2.30. The van der Waals surface area contributed by atoms with E-state index in [2.05, 4.69) is 25.4 Å². The number of tetrazole rings is 1. The third kappa shape index (κ3) is 4.22. The number of hydrogen-bond acceptors (Lipinski definition) is 7. The molecular weight excluding hydrogens is 384 g/mol. The van der Waals surface area contributed by atoms with E-state index in [1.54, 1.807) is 18.9 Å². The molecule has 160 valence electrons. The highest BCUT2D eigenvalue weighted by molar-refractivity contribution is 5.80. The first-order chi connectivity index (χ1) is 14.7. The fourth-order valence-electron chi connectivity index (χ4n) is 4.12. The Kier molecular flexibility index (Phi) is 6.39. The van der Waals surface area contributed by atoms with Crippen molar-refractivity contribution in [2.75, 3.05) is 33.9 Å². The zero-order valence-corrected chi connectivity index (χ0v) is 17.5. The lowest BCUT2D eigenvalue weighted by atomic mass is 10.0. The van der Waals surface area contributed by atoms with Gasteiger partial charge < -0.3 is 14.5 Å². The van der Waals surface area contributed by atoms with Crippen LogP contribution in [0.1, 0.15) is 43.1 Å². The average molecular weight is 412 g/mol. The summed E-state index contributed by atoms with van der Waals surface area (Å²) in [4.78, 5) is 18.6. The molecule has 0 saturated carbocycles. The molecule has 1 aliphatic heterocycles. The van der Waals surface area contributed by atoms with Crippen molar-refractivity contribution in [3.8, 4) is 5.75 Å². The minimum Gasteiger partial charge on any atom is -0.497 e. The number of rotatable bonds is 7. The SMILES string of the molecule is COCCn1nnnc1[C@H](c1cc2ccc(OC)cc2[nH]c1=O)N1CCCCCC1. The van der Waals surface area contributed by atoms with Crippen LogP contribution in [0.25, 0.3) is 10.9 Å². The van der Waals surface area contributed by atoms with Gasteiger partial charge in [0.25, 0.3) is 5.56 Å². The number of fused-ring (bicyclic) bond motifs is 1. The van der Waals surface area contributed by atoms with E-state index in [0.29, 0.717) is 30.3 Å². The molecule has 9 nitrogen and oxygen atoms in total. The van der Waals surface area contributed by atoms with Crippen molar-refractivity contribution in [1.82, 2.24) is 30.1 Å². The standard InChI is InChI=1S/C21H28N6O3/c1-29-12-11-27-20(23-24-25-27)19(26-9-5-3-4-6-10-26)17-13-15-7-8-16(30-2)14-18(15)22-21(17)28/h7-8,13-14,19H,3-6,9-12H2,1-2H3,(H,22,28)/t19-/m0/s1. The van der Waals surface area contributed by atoms with E-state index < -0.39 is 0 Å². The molecule has 30 heavy (non-hydrogen) atoms. The van der Waals surface area contributed by atoms with Gasteiger partial charge in [0, 0.05) is 18.7 Å². The zero-order valence-electron chi connectivity index (χ0n) is 17.5. The van der Waals surface area contributed by atoms with E-state index in [4.69, 9.17) is 9.47 Å². The Morgan fingerprint density at radius 2 is 1.93 bits per heavy atom. The van der Waals surface area contributed by atoms with Gasteiger partial charge >= 0.3 is 0 Å². The molecule has 0 radical (unpaired) electrons. The van der Waals surface area contributed by atoms with Gasteiger partial charge in [0.05, 0.1) is 25.8 Å². The minimum absolute atomic E-state index is 0.133. The first-order valence-corrected chi connectivity index (χ1v) is 10.4. The maximum atomic E-state index is 13.2.